The SMILES string of the molecule is O=C(NCC(C(=O)NC12CCCC1OCC2=O)c1ccc(Cl)cc1)c1ccc(OC(F)F)cc1. The Labute approximate surface area is 199 Å². The van der Waals surface area contributed by atoms with Gasteiger partial charge in [0.2, 0.25) is 5.91 Å². The van der Waals surface area contributed by atoms with E-state index in [2.05, 4.69) is 15.4 Å². The molecule has 180 valence electrons. The second-order valence-corrected chi connectivity index (χ2v) is 8.73. The fraction of sp³-hybridized carbons (Fsp3) is 0.375. The average Bonchev–Trinajstić information content (AvgIpc) is 3.34. The summed E-state index contributed by atoms with van der Waals surface area (Å²) >= 11 is 5.99. The number of hydrogen-bond donors (Lipinski definition) is 2. The number of hydrogen-bond acceptors (Lipinski definition) is 5. The maximum absolute atomic E-state index is 13.4. The molecule has 4 rings (SSSR count). The third-order valence-electron chi connectivity index (χ3n) is 6.24. The number of ether oxygens (including phenoxy) is 2. The molecule has 1 saturated carbocycles. The molecule has 3 unspecified atom stereocenters. The average molecular weight is 493 g/mol. The quantitative estimate of drug-likeness (QED) is 0.588. The zero-order valence-corrected chi connectivity index (χ0v) is 18.8. The molecule has 7 nitrogen and oxygen atoms in total. The highest BCUT2D eigenvalue weighted by Gasteiger charge is 2.55. The van der Waals surface area contributed by atoms with Gasteiger partial charge in [0.25, 0.3) is 5.91 Å². The molecule has 2 aromatic carbocycles. The maximum atomic E-state index is 13.4. The van der Waals surface area contributed by atoms with E-state index in [0.717, 1.165) is 6.42 Å². The summed E-state index contributed by atoms with van der Waals surface area (Å²) in [6.07, 6.45) is 1.62. The summed E-state index contributed by atoms with van der Waals surface area (Å²) in [4.78, 5) is 38.6. The molecule has 1 saturated heterocycles. The fourth-order valence-corrected chi connectivity index (χ4v) is 4.61. The van der Waals surface area contributed by atoms with Crippen LogP contribution in [0.15, 0.2) is 48.5 Å². The van der Waals surface area contributed by atoms with Crippen LogP contribution in [0.1, 0.15) is 41.1 Å². The van der Waals surface area contributed by atoms with Gasteiger partial charge in [0.1, 0.15) is 17.9 Å². The van der Waals surface area contributed by atoms with Crippen molar-refractivity contribution < 1.29 is 32.6 Å². The summed E-state index contributed by atoms with van der Waals surface area (Å²) in [6.45, 7) is -3.05. The van der Waals surface area contributed by atoms with Crippen LogP contribution in [0.5, 0.6) is 5.75 Å². The molecular weight excluding hydrogens is 470 g/mol. The number of carbonyl (C=O) groups is 3. The number of ketones is 1. The zero-order chi connectivity index (χ0) is 24.3. The lowest BCUT2D eigenvalue weighted by Crippen LogP contribution is -2.57. The van der Waals surface area contributed by atoms with E-state index in [1.165, 1.54) is 24.3 Å². The highest BCUT2D eigenvalue weighted by atomic mass is 35.5. The molecule has 0 spiro atoms. The van der Waals surface area contributed by atoms with Gasteiger partial charge in [-0.25, -0.2) is 0 Å². The Morgan fingerprint density at radius 1 is 1.15 bits per heavy atom. The van der Waals surface area contributed by atoms with Crippen LogP contribution in [-0.4, -0.2) is 49.0 Å². The summed E-state index contributed by atoms with van der Waals surface area (Å²) in [5, 5.41) is 6.12. The van der Waals surface area contributed by atoms with Crippen LogP contribution < -0.4 is 15.4 Å². The van der Waals surface area contributed by atoms with Crippen molar-refractivity contribution in [1.29, 1.82) is 0 Å². The van der Waals surface area contributed by atoms with Crippen molar-refractivity contribution >= 4 is 29.2 Å². The molecule has 10 heteroatoms. The standard InChI is InChI=1S/C24H23ClF2N2O5/c25-16-7-3-14(4-8-16)18(22(32)29-24-11-1-2-20(24)33-13-19(24)30)12-28-21(31)15-5-9-17(10-6-15)34-23(26)27/h3-10,18,20,23H,1-2,11-13H2,(H,28,31)(H,29,32). The van der Waals surface area contributed by atoms with Gasteiger partial charge in [0.15, 0.2) is 5.78 Å². The number of fused-ring (bicyclic) bond motifs is 1. The van der Waals surface area contributed by atoms with Crippen LogP contribution in [0.25, 0.3) is 0 Å². The second-order valence-electron chi connectivity index (χ2n) is 8.29. The van der Waals surface area contributed by atoms with Gasteiger partial charge in [-0.1, -0.05) is 23.7 Å². The normalized spacial score (nSPS) is 22.4. The lowest BCUT2D eigenvalue weighted by molar-refractivity contribution is -0.130. The molecule has 0 radical (unpaired) electrons. The molecule has 1 heterocycles. The number of Topliss-reactive ketones (excluding diaryl/α,β-unsaturated/α-hetero) is 1. The first-order chi connectivity index (χ1) is 16.3. The Kier molecular flexibility index (Phi) is 7.13. The smallest absolute Gasteiger partial charge is 0.387 e. The molecule has 3 atom stereocenters. The van der Waals surface area contributed by atoms with Crippen molar-refractivity contribution in [1.82, 2.24) is 10.6 Å². The van der Waals surface area contributed by atoms with Crippen molar-refractivity contribution in [3.63, 3.8) is 0 Å². The lowest BCUT2D eigenvalue weighted by Gasteiger charge is -2.30. The monoisotopic (exact) mass is 492 g/mol. The number of benzene rings is 2. The summed E-state index contributed by atoms with van der Waals surface area (Å²) in [5.74, 6) is -1.92. The second kappa shape index (κ2) is 10.1. The van der Waals surface area contributed by atoms with Crippen LogP contribution in [0.2, 0.25) is 5.02 Å². The minimum Gasteiger partial charge on any atom is -0.435 e. The number of halogens is 3. The van der Waals surface area contributed by atoms with E-state index in [4.69, 9.17) is 16.3 Å². The van der Waals surface area contributed by atoms with Crippen LogP contribution in [0, 0.1) is 0 Å². The summed E-state index contributed by atoms with van der Waals surface area (Å²) in [5.41, 5.74) is -0.211. The Bertz CT molecular complexity index is 1060. The van der Waals surface area contributed by atoms with E-state index in [1.807, 2.05) is 0 Å². The first kappa shape index (κ1) is 24.1. The minimum atomic E-state index is -2.96. The Hall–Kier alpha value is -3.04. The minimum absolute atomic E-state index is 0.0292. The first-order valence-electron chi connectivity index (χ1n) is 10.8. The molecule has 2 aromatic rings. The van der Waals surface area contributed by atoms with E-state index in [1.54, 1.807) is 24.3 Å². The fourth-order valence-electron chi connectivity index (χ4n) is 4.48. The molecular formula is C24H23ClF2N2O5. The molecule has 2 aliphatic rings. The molecule has 2 fully saturated rings. The van der Waals surface area contributed by atoms with E-state index in [-0.39, 0.29) is 36.4 Å². The number of nitrogens with one attached hydrogen (secondary N) is 2. The molecule has 2 N–H and O–H groups in total. The summed E-state index contributed by atoms with van der Waals surface area (Å²) in [6, 6.07) is 11.9. The van der Waals surface area contributed by atoms with E-state index in [0.29, 0.717) is 23.4 Å². The molecule has 1 aliphatic carbocycles. The number of amides is 2. The van der Waals surface area contributed by atoms with E-state index in [9.17, 15) is 23.2 Å². The molecule has 0 bridgehead atoms. The molecule has 0 aromatic heterocycles. The van der Waals surface area contributed by atoms with Gasteiger partial charge in [-0.2, -0.15) is 8.78 Å². The van der Waals surface area contributed by atoms with Crippen molar-refractivity contribution in [2.24, 2.45) is 0 Å². The Morgan fingerprint density at radius 3 is 2.53 bits per heavy atom. The Balaban J connectivity index is 1.49. The molecule has 34 heavy (non-hydrogen) atoms. The number of alkyl halides is 2. The molecule has 2 amide bonds. The van der Waals surface area contributed by atoms with Gasteiger partial charge in [0, 0.05) is 17.1 Å². The third kappa shape index (κ3) is 5.05. The van der Waals surface area contributed by atoms with Gasteiger partial charge in [-0.05, 0) is 61.2 Å². The highest BCUT2D eigenvalue weighted by molar-refractivity contribution is 6.30. The van der Waals surface area contributed by atoms with Gasteiger partial charge < -0.3 is 20.1 Å². The summed E-state index contributed by atoms with van der Waals surface area (Å²) in [7, 11) is 0. The van der Waals surface area contributed by atoms with E-state index >= 15 is 0 Å². The highest BCUT2D eigenvalue weighted by Crippen LogP contribution is 2.38. The van der Waals surface area contributed by atoms with Crippen LogP contribution in [0.3, 0.4) is 0 Å². The number of carbonyl (C=O) groups excluding carboxylic acids is 3. The lowest BCUT2D eigenvalue weighted by atomic mass is 9.90. The topological polar surface area (TPSA) is 93.7 Å². The van der Waals surface area contributed by atoms with Gasteiger partial charge in [-0.15, -0.1) is 0 Å². The van der Waals surface area contributed by atoms with Crippen LogP contribution >= 0.6 is 11.6 Å². The predicted molar refractivity (Wildman–Crippen MR) is 119 cm³/mol. The Morgan fingerprint density at radius 2 is 1.85 bits per heavy atom. The van der Waals surface area contributed by atoms with E-state index < -0.39 is 29.9 Å². The van der Waals surface area contributed by atoms with Crippen molar-refractivity contribution in [3.8, 4) is 5.75 Å². The summed E-state index contributed by atoms with van der Waals surface area (Å²) < 4.78 is 34.5. The zero-order valence-electron chi connectivity index (χ0n) is 18.1. The van der Waals surface area contributed by atoms with Crippen LogP contribution in [-0.2, 0) is 14.3 Å². The van der Waals surface area contributed by atoms with Gasteiger partial charge >= 0.3 is 6.61 Å². The van der Waals surface area contributed by atoms with Crippen molar-refractivity contribution in [2.45, 2.75) is 43.4 Å². The van der Waals surface area contributed by atoms with Gasteiger partial charge in [0.05, 0.1) is 12.0 Å². The van der Waals surface area contributed by atoms with Crippen LogP contribution in [0.4, 0.5) is 8.78 Å². The largest absolute Gasteiger partial charge is 0.435 e. The number of rotatable bonds is 8. The maximum Gasteiger partial charge on any atom is 0.387 e. The third-order valence-corrected chi connectivity index (χ3v) is 6.50. The van der Waals surface area contributed by atoms with Gasteiger partial charge in [-0.3, -0.25) is 14.4 Å². The predicted octanol–water partition coefficient (Wildman–Crippen LogP) is 3.46. The van der Waals surface area contributed by atoms with Crippen molar-refractivity contribution in [3.05, 3.63) is 64.7 Å². The first-order valence-corrected chi connectivity index (χ1v) is 11.2. The molecule has 1 aliphatic heterocycles. The van der Waals surface area contributed by atoms with Crippen molar-refractivity contribution in [2.75, 3.05) is 13.2 Å².